The van der Waals surface area contributed by atoms with E-state index in [4.69, 9.17) is 9.84 Å². The van der Waals surface area contributed by atoms with Gasteiger partial charge in [0.15, 0.2) is 0 Å². The number of carbonyl (C=O) groups is 2. The Bertz CT molecular complexity index is 452. The molecule has 4 heteroatoms. The van der Waals surface area contributed by atoms with Crippen LogP contribution in [-0.2, 0) is 4.79 Å². The molecule has 0 amide bonds. The van der Waals surface area contributed by atoms with Gasteiger partial charge in [0.25, 0.3) is 0 Å². The van der Waals surface area contributed by atoms with Gasteiger partial charge < -0.3 is 9.84 Å². The summed E-state index contributed by atoms with van der Waals surface area (Å²) in [6, 6.07) is 6.18. The van der Waals surface area contributed by atoms with Crippen LogP contribution in [0.2, 0.25) is 0 Å². The lowest BCUT2D eigenvalue weighted by molar-refractivity contribution is -0.134. The predicted octanol–water partition coefficient (Wildman–Crippen LogP) is 3.90. The van der Waals surface area contributed by atoms with Gasteiger partial charge in [-0.05, 0) is 24.5 Å². The number of benzene rings is 1. The summed E-state index contributed by atoms with van der Waals surface area (Å²) >= 11 is 0. The second-order valence-electron chi connectivity index (χ2n) is 5.27. The number of carboxylic acid groups (broad SMARTS) is 1. The lowest BCUT2D eigenvalue weighted by Gasteiger charge is -2.07. The first-order valence-corrected chi connectivity index (χ1v) is 7.03. The molecule has 0 bridgehead atoms. The fourth-order valence-electron chi connectivity index (χ4n) is 1.90. The molecule has 0 fully saturated rings. The number of aromatic carboxylic acids is 1. The molecule has 0 unspecified atom stereocenters. The highest BCUT2D eigenvalue weighted by Crippen LogP contribution is 2.19. The Labute approximate surface area is 119 Å². The van der Waals surface area contributed by atoms with Gasteiger partial charge in [-0.1, -0.05) is 45.2 Å². The van der Waals surface area contributed by atoms with E-state index in [-0.39, 0.29) is 17.3 Å². The lowest BCUT2D eigenvalue weighted by Crippen LogP contribution is -2.10. The molecule has 20 heavy (non-hydrogen) atoms. The van der Waals surface area contributed by atoms with Gasteiger partial charge >= 0.3 is 11.9 Å². The minimum Gasteiger partial charge on any atom is -0.478 e. The number of hydrogen-bond donors (Lipinski definition) is 1. The van der Waals surface area contributed by atoms with Crippen molar-refractivity contribution in [3.63, 3.8) is 0 Å². The van der Waals surface area contributed by atoms with Crippen molar-refractivity contribution in [3.8, 4) is 5.75 Å². The van der Waals surface area contributed by atoms with Gasteiger partial charge in [0.2, 0.25) is 0 Å². The molecule has 0 aliphatic carbocycles. The zero-order valence-electron chi connectivity index (χ0n) is 12.1. The van der Waals surface area contributed by atoms with Gasteiger partial charge in [0, 0.05) is 6.42 Å². The molecule has 0 aliphatic rings. The molecule has 110 valence electrons. The second-order valence-corrected chi connectivity index (χ2v) is 5.27. The summed E-state index contributed by atoms with van der Waals surface area (Å²) in [5.74, 6) is -0.662. The molecular weight excluding hydrogens is 256 g/mol. The second kappa shape index (κ2) is 8.35. The molecular formula is C16H22O4. The fraction of sp³-hybridized carbons (Fsp3) is 0.500. The Balaban J connectivity index is 2.37. The van der Waals surface area contributed by atoms with Gasteiger partial charge in [-0.15, -0.1) is 0 Å². The van der Waals surface area contributed by atoms with Crippen LogP contribution in [0.3, 0.4) is 0 Å². The largest absolute Gasteiger partial charge is 0.478 e. The molecule has 0 aromatic heterocycles. The molecule has 1 aromatic carbocycles. The third-order valence-electron chi connectivity index (χ3n) is 3.00. The van der Waals surface area contributed by atoms with E-state index < -0.39 is 5.97 Å². The van der Waals surface area contributed by atoms with E-state index in [1.165, 1.54) is 12.1 Å². The lowest BCUT2D eigenvalue weighted by atomic mass is 10.0. The molecule has 1 aromatic rings. The van der Waals surface area contributed by atoms with Crippen LogP contribution in [0.15, 0.2) is 24.3 Å². The summed E-state index contributed by atoms with van der Waals surface area (Å²) in [5, 5.41) is 8.99. The predicted molar refractivity (Wildman–Crippen MR) is 77.0 cm³/mol. The molecule has 0 saturated heterocycles. The van der Waals surface area contributed by atoms with E-state index in [2.05, 4.69) is 13.8 Å². The highest BCUT2D eigenvalue weighted by molar-refractivity contribution is 5.91. The minimum absolute atomic E-state index is 0.0145. The molecule has 4 nitrogen and oxygen atoms in total. The highest BCUT2D eigenvalue weighted by atomic mass is 16.5. The maximum atomic E-state index is 11.7. The van der Waals surface area contributed by atoms with Crippen molar-refractivity contribution in [3.05, 3.63) is 29.8 Å². The molecule has 1 N–H and O–H groups in total. The van der Waals surface area contributed by atoms with E-state index >= 15 is 0 Å². The topological polar surface area (TPSA) is 63.6 Å². The molecule has 0 saturated carbocycles. The number of carbonyl (C=O) groups excluding carboxylic acids is 1. The van der Waals surface area contributed by atoms with E-state index in [1.807, 2.05) is 0 Å². The fourth-order valence-corrected chi connectivity index (χ4v) is 1.90. The first kappa shape index (κ1) is 16.2. The zero-order valence-corrected chi connectivity index (χ0v) is 12.1. The number of carboxylic acids is 1. The third kappa shape index (κ3) is 5.87. The highest BCUT2D eigenvalue weighted by Gasteiger charge is 2.13. The van der Waals surface area contributed by atoms with Gasteiger partial charge in [0.1, 0.15) is 11.3 Å². The zero-order chi connectivity index (χ0) is 15.0. The summed E-state index contributed by atoms with van der Waals surface area (Å²) in [4.78, 5) is 22.6. The number of hydrogen-bond acceptors (Lipinski definition) is 3. The van der Waals surface area contributed by atoms with Gasteiger partial charge in [0.05, 0.1) is 0 Å². The molecule has 0 radical (unpaired) electrons. The van der Waals surface area contributed by atoms with Crippen LogP contribution in [0.1, 0.15) is 56.3 Å². The number of para-hydroxylation sites is 1. The van der Waals surface area contributed by atoms with Crippen molar-refractivity contribution in [2.24, 2.45) is 5.92 Å². The van der Waals surface area contributed by atoms with E-state index in [1.54, 1.807) is 12.1 Å². The average molecular weight is 278 g/mol. The summed E-state index contributed by atoms with van der Waals surface area (Å²) in [6.07, 6.45) is 4.37. The maximum Gasteiger partial charge on any atom is 0.339 e. The number of rotatable bonds is 8. The van der Waals surface area contributed by atoms with Crippen LogP contribution in [0.4, 0.5) is 0 Å². The Morgan fingerprint density at radius 3 is 2.50 bits per heavy atom. The van der Waals surface area contributed by atoms with Crippen molar-refractivity contribution in [2.75, 3.05) is 0 Å². The molecule has 0 spiro atoms. The number of esters is 1. The first-order chi connectivity index (χ1) is 9.50. The van der Waals surface area contributed by atoms with Crippen LogP contribution in [0, 0.1) is 5.92 Å². The van der Waals surface area contributed by atoms with Gasteiger partial charge in [-0.3, -0.25) is 4.79 Å². The summed E-state index contributed by atoms with van der Waals surface area (Å²) in [6.45, 7) is 4.36. The average Bonchev–Trinajstić information content (AvgIpc) is 2.38. The van der Waals surface area contributed by atoms with Crippen LogP contribution >= 0.6 is 0 Å². The molecule has 1 rings (SSSR count). The van der Waals surface area contributed by atoms with Crippen molar-refractivity contribution in [1.82, 2.24) is 0 Å². The van der Waals surface area contributed by atoms with Gasteiger partial charge in [-0.2, -0.15) is 0 Å². The Morgan fingerprint density at radius 2 is 1.85 bits per heavy atom. The number of unbranched alkanes of at least 4 members (excludes halogenated alkanes) is 2. The normalized spacial score (nSPS) is 10.6. The Kier molecular flexibility index (Phi) is 6.77. The first-order valence-electron chi connectivity index (χ1n) is 7.03. The van der Waals surface area contributed by atoms with Crippen molar-refractivity contribution >= 4 is 11.9 Å². The quantitative estimate of drug-likeness (QED) is 0.445. The summed E-state index contributed by atoms with van der Waals surface area (Å²) < 4.78 is 5.11. The van der Waals surface area contributed by atoms with Crippen molar-refractivity contribution in [2.45, 2.75) is 46.0 Å². The summed E-state index contributed by atoms with van der Waals surface area (Å²) in [5.41, 5.74) is 0.0145. The van der Waals surface area contributed by atoms with E-state index in [0.29, 0.717) is 12.3 Å². The van der Waals surface area contributed by atoms with Crippen LogP contribution in [0.25, 0.3) is 0 Å². The van der Waals surface area contributed by atoms with E-state index in [0.717, 1.165) is 25.7 Å². The maximum absolute atomic E-state index is 11.7. The minimum atomic E-state index is -1.09. The van der Waals surface area contributed by atoms with Crippen molar-refractivity contribution < 1.29 is 19.4 Å². The standard InChI is InChI=1S/C16H22O4/c1-12(2)8-4-3-5-11-15(17)20-14-10-7-6-9-13(14)16(18)19/h6-7,9-10,12H,3-5,8,11H2,1-2H3,(H,18,19). The summed E-state index contributed by atoms with van der Waals surface area (Å²) in [7, 11) is 0. The smallest absolute Gasteiger partial charge is 0.339 e. The Hall–Kier alpha value is -1.84. The van der Waals surface area contributed by atoms with Gasteiger partial charge in [-0.25, -0.2) is 4.79 Å². The third-order valence-corrected chi connectivity index (χ3v) is 3.00. The molecule has 0 atom stereocenters. The van der Waals surface area contributed by atoms with Crippen molar-refractivity contribution in [1.29, 1.82) is 0 Å². The number of ether oxygens (including phenoxy) is 1. The molecule has 0 heterocycles. The molecule has 0 aliphatic heterocycles. The van der Waals surface area contributed by atoms with Crippen LogP contribution in [-0.4, -0.2) is 17.0 Å². The Morgan fingerprint density at radius 1 is 1.15 bits per heavy atom. The van der Waals surface area contributed by atoms with Crippen LogP contribution in [0.5, 0.6) is 5.75 Å². The SMILES string of the molecule is CC(C)CCCCCC(=O)Oc1ccccc1C(=O)O. The van der Waals surface area contributed by atoms with Crippen LogP contribution < -0.4 is 4.74 Å². The van der Waals surface area contributed by atoms with E-state index in [9.17, 15) is 9.59 Å². The monoisotopic (exact) mass is 278 g/mol.